The van der Waals surface area contributed by atoms with E-state index < -0.39 is 19.9 Å². The van der Waals surface area contributed by atoms with Gasteiger partial charge in [0.15, 0.2) is 9.84 Å². The van der Waals surface area contributed by atoms with Gasteiger partial charge in [-0.1, -0.05) is 0 Å². The molecule has 25 heavy (non-hydrogen) atoms. The first-order chi connectivity index (χ1) is 11.6. The molecule has 0 radical (unpaired) electrons. The zero-order chi connectivity index (χ0) is 18.7. The van der Waals surface area contributed by atoms with E-state index in [0.29, 0.717) is 13.1 Å². The first-order valence-corrected chi connectivity index (χ1v) is 11.2. The van der Waals surface area contributed by atoms with E-state index in [-0.39, 0.29) is 28.0 Å². The molecule has 8 nitrogen and oxygen atoms in total. The highest BCUT2D eigenvalue weighted by atomic mass is 32.2. The van der Waals surface area contributed by atoms with Gasteiger partial charge in [-0.05, 0) is 37.5 Å². The molecular formula is C15H22N2O6S2. The molecule has 1 aromatic rings. The lowest BCUT2D eigenvalue weighted by molar-refractivity contribution is -0.130. The van der Waals surface area contributed by atoms with Crippen LogP contribution in [0, 0.1) is 0 Å². The van der Waals surface area contributed by atoms with Crippen LogP contribution < -0.4 is 9.46 Å². The lowest BCUT2D eigenvalue weighted by Crippen LogP contribution is -2.42. The number of rotatable bonds is 6. The molecule has 1 saturated heterocycles. The number of likely N-dealkylation sites (tertiary alicyclic amines) is 1. The van der Waals surface area contributed by atoms with Crippen molar-refractivity contribution in [3.05, 3.63) is 18.2 Å². The molecule has 1 aliphatic heterocycles. The Labute approximate surface area is 148 Å². The van der Waals surface area contributed by atoms with Crippen molar-refractivity contribution in [3.63, 3.8) is 0 Å². The van der Waals surface area contributed by atoms with Crippen molar-refractivity contribution in [2.24, 2.45) is 0 Å². The second-order valence-corrected chi connectivity index (χ2v) is 9.60. The first-order valence-electron chi connectivity index (χ1n) is 7.80. The summed E-state index contributed by atoms with van der Waals surface area (Å²) in [4.78, 5) is 13.3. The number of benzene rings is 1. The Morgan fingerprint density at radius 1 is 1.16 bits per heavy atom. The molecule has 0 spiro atoms. The van der Waals surface area contributed by atoms with Gasteiger partial charge in [-0.25, -0.2) is 21.6 Å². The molecule has 1 N–H and O–H groups in total. The maximum Gasteiger partial charge on any atom is 0.244 e. The molecule has 0 saturated carbocycles. The summed E-state index contributed by atoms with van der Waals surface area (Å²) in [5, 5.41) is 0. The number of piperidine rings is 1. The van der Waals surface area contributed by atoms with Gasteiger partial charge in [0, 0.05) is 19.3 Å². The molecule has 2 rings (SSSR count). The first kappa shape index (κ1) is 19.7. The molecule has 1 heterocycles. The smallest absolute Gasteiger partial charge is 0.244 e. The van der Waals surface area contributed by atoms with Gasteiger partial charge in [-0.2, -0.15) is 0 Å². The Hall–Kier alpha value is -1.65. The fraction of sp³-hybridized carbons (Fsp3) is 0.533. The molecule has 0 aliphatic carbocycles. The largest absolute Gasteiger partial charge is 0.495 e. The summed E-state index contributed by atoms with van der Waals surface area (Å²) in [6.45, 7) is 0.857. The molecule has 140 valence electrons. The summed E-state index contributed by atoms with van der Waals surface area (Å²) in [6.07, 6.45) is 3.86. The maximum absolute atomic E-state index is 12.5. The normalized spacial score (nSPS) is 15.8. The standard InChI is InChI=1S/C15H22N2O6S2/c1-23-13-7-6-12(24(2,19)20)10-14(13)25(21,22)16-11-15(18)17-8-4-3-5-9-17/h6-7,10,16H,3-5,8-9,11H2,1-2H3. The van der Waals surface area contributed by atoms with Gasteiger partial charge in [-0.3, -0.25) is 4.79 Å². The van der Waals surface area contributed by atoms with Gasteiger partial charge in [0.25, 0.3) is 0 Å². The second-order valence-electron chi connectivity index (χ2n) is 5.85. The molecule has 1 aromatic carbocycles. The van der Waals surface area contributed by atoms with E-state index in [1.54, 1.807) is 4.90 Å². The summed E-state index contributed by atoms with van der Waals surface area (Å²) in [5.74, 6) is -0.299. The third-order valence-electron chi connectivity index (χ3n) is 3.97. The highest BCUT2D eigenvalue weighted by Crippen LogP contribution is 2.26. The summed E-state index contributed by atoms with van der Waals surface area (Å²) < 4.78 is 55.6. The third-order valence-corrected chi connectivity index (χ3v) is 6.51. The van der Waals surface area contributed by atoms with E-state index in [4.69, 9.17) is 4.74 Å². The number of sulfonamides is 1. The topological polar surface area (TPSA) is 110 Å². The Kier molecular flexibility index (Phi) is 6.07. The zero-order valence-electron chi connectivity index (χ0n) is 14.2. The SMILES string of the molecule is COc1ccc(S(C)(=O)=O)cc1S(=O)(=O)NCC(=O)N1CCCCC1. The quantitative estimate of drug-likeness (QED) is 0.752. The molecule has 0 bridgehead atoms. The van der Waals surface area contributed by atoms with Gasteiger partial charge < -0.3 is 9.64 Å². The van der Waals surface area contributed by atoms with E-state index in [2.05, 4.69) is 4.72 Å². The average molecular weight is 390 g/mol. The second kappa shape index (κ2) is 7.71. The summed E-state index contributed by atoms with van der Waals surface area (Å²) in [5.41, 5.74) is 0. The van der Waals surface area contributed by atoms with E-state index in [0.717, 1.165) is 31.6 Å². The predicted molar refractivity (Wildman–Crippen MR) is 91.7 cm³/mol. The Morgan fingerprint density at radius 3 is 2.36 bits per heavy atom. The number of nitrogens with one attached hydrogen (secondary N) is 1. The molecule has 0 aromatic heterocycles. The summed E-state index contributed by atoms with van der Waals surface area (Å²) in [7, 11) is -6.40. The van der Waals surface area contributed by atoms with E-state index in [1.807, 2.05) is 0 Å². The molecule has 0 atom stereocenters. The van der Waals surface area contributed by atoms with Gasteiger partial charge in [0.1, 0.15) is 10.6 Å². The van der Waals surface area contributed by atoms with Crippen molar-refractivity contribution in [3.8, 4) is 5.75 Å². The molecule has 1 aliphatic rings. The minimum Gasteiger partial charge on any atom is -0.495 e. The lowest BCUT2D eigenvalue weighted by Gasteiger charge is -2.26. The molecule has 10 heteroatoms. The predicted octanol–water partition coefficient (Wildman–Crippen LogP) is 0.390. The van der Waals surface area contributed by atoms with Crippen molar-refractivity contribution in [1.29, 1.82) is 0 Å². The number of hydrogen-bond acceptors (Lipinski definition) is 6. The fourth-order valence-corrected chi connectivity index (χ4v) is 4.48. The van der Waals surface area contributed by atoms with Gasteiger partial charge in [0.2, 0.25) is 15.9 Å². The molecule has 1 fully saturated rings. The number of amides is 1. The number of carbonyl (C=O) groups is 1. The van der Waals surface area contributed by atoms with E-state index in [1.165, 1.54) is 19.2 Å². The van der Waals surface area contributed by atoms with Crippen molar-refractivity contribution in [1.82, 2.24) is 9.62 Å². The Bertz CT molecular complexity index is 843. The highest BCUT2D eigenvalue weighted by molar-refractivity contribution is 7.91. The Morgan fingerprint density at radius 2 is 1.80 bits per heavy atom. The third kappa shape index (κ3) is 4.93. The van der Waals surface area contributed by atoms with Crippen LogP contribution in [0.25, 0.3) is 0 Å². The van der Waals surface area contributed by atoms with Crippen LogP contribution in [0.1, 0.15) is 19.3 Å². The minimum atomic E-state index is -4.11. The van der Waals surface area contributed by atoms with Crippen LogP contribution in [-0.2, 0) is 24.7 Å². The lowest BCUT2D eigenvalue weighted by atomic mass is 10.1. The van der Waals surface area contributed by atoms with Crippen LogP contribution in [0.2, 0.25) is 0 Å². The van der Waals surface area contributed by atoms with Crippen molar-refractivity contribution < 1.29 is 26.4 Å². The number of carbonyl (C=O) groups excluding carboxylic acids is 1. The average Bonchev–Trinajstić information content (AvgIpc) is 2.59. The summed E-state index contributed by atoms with van der Waals surface area (Å²) >= 11 is 0. The number of ether oxygens (including phenoxy) is 1. The Balaban J connectivity index is 2.21. The van der Waals surface area contributed by atoms with Gasteiger partial charge >= 0.3 is 0 Å². The van der Waals surface area contributed by atoms with Crippen LogP contribution in [0.4, 0.5) is 0 Å². The maximum atomic E-state index is 12.5. The fourth-order valence-electron chi connectivity index (χ4n) is 2.59. The van der Waals surface area contributed by atoms with Crippen molar-refractivity contribution in [2.45, 2.75) is 29.1 Å². The van der Waals surface area contributed by atoms with Crippen LogP contribution in [0.3, 0.4) is 0 Å². The minimum absolute atomic E-state index is 0.00493. The van der Waals surface area contributed by atoms with Crippen LogP contribution in [0.15, 0.2) is 28.0 Å². The summed E-state index contributed by atoms with van der Waals surface area (Å²) in [6, 6.07) is 3.57. The number of sulfone groups is 1. The number of nitrogens with zero attached hydrogens (tertiary/aromatic N) is 1. The number of hydrogen-bond donors (Lipinski definition) is 1. The monoisotopic (exact) mass is 390 g/mol. The van der Waals surface area contributed by atoms with Gasteiger partial charge in [-0.15, -0.1) is 0 Å². The molecule has 1 amide bonds. The van der Waals surface area contributed by atoms with Gasteiger partial charge in [0.05, 0.1) is 18.6 Å². The van der Waals surface area contributed by atoms with E-state index in [9.17, 15) is 21.6 Å². The van der Waals surface area contributed by atoms with Crippen molar-refractivity contribution >= 4 is 25.8 Å². The zero-order valence-corrected chi connectivity index (χ0v) is 15.8. The van der Waals surface area contributed by atoms with Crippen LogP contribution in [-0.4, -0.2) is 60.6 Å². The molecular weight excluding hydrogens is 368 g/mol. The van der Waals surface area contributed by atoms with Crippen molar-refractivity contribution in [2.75, 3.05) is 33.0 Å². The van der Waals surface area contributed by atoms with Crippen LogP contribution >= 0.6 is 0 Å². The van der Waals surface area contributed by atoms with E-state index >= 15 is 0 Å². The van der Waals surface area contributed by atoms with Crippen LogP contribution in [0.5, 0.6) is 5.75 Å². The molecule has 0 unspecified atom stereocenters. The number of methoxy groups -OCH3 is 1. The highest BCUT2D eigenvalue weighted by Gasteiger charge is 2.24.